The Kier molecular flexibility index (Phi) is 6.28. The largest absolute Gasteiger partial charge is 0.192 e. The van der Waals surface area contributed by atoms with Gasteiger partial charge in [0.25, 0.3) is 0 Å². The number of benzene rings is 1. The fourth-order valence-electron chi connectivity index (χ4n) is 3.04. The lowest BCUT2D eigenvalue weighted by molar-refractivity contribution is 0.376. The number of hydrogen-bond donors (Lipinski definition) is 0. The van der Waals surface area contributed by atoms with Gasteiger partial charge in [-0.2, -0.15) is 5.26 Å². The predicted octanol–water partition coefficient (Wildman–Crippen LogP) is 5.74. The van der Waals surface area contributed by atoms with E-state index in [1.165, 1.54) is 44.1 Å². The molecule has 110 valence electrons. The summed E-state index contributed by atoms with van der Waals surface area (Å²) in [6.07, 6.45) is 16.5. The van der Waals surface area contributed by atoms with Gasteiger partial charge in [0.15, 0.2) is 0 Å². The summed E-state index contributed by atoms with van der Waals surface area (Å²) in [4.78, 5) is 0. The van der Waals surface area contributed by atoms with Crippen LogP contribution in [-0.2, 0) is 0 Å². The van der Waals surface area contributed by atoms with Crippen LogP contribution in [0.5, 0.6) is 0 Å². The summed E-state index contributed by atoms with van der Waals surface area (Å²) in [5.74, 6) is 1.42. The van der Waals surface area contributed by atoms with Gasteiger partial charge in [-0.05, 0) is 61.6 Å². The Morgan fingerprint density at radius 1 is 1.10 bits per heavy atom. The van der Waals surface area contributed by atoms with Gasteiger partial charge in [0.05, 0.1) is 11.6 Å². The zero-order valence-electron chi connectivity index (χ0n) is 13.0. The van der Waals surface area contributed by atoms with Gasteiger partial charge in [0.2, 0.25) is 0 Å². The molecule has 0 aliphatic heterocycles. The van der Waals surface area contributed by atoms with Gasteiger partial charge in [-0.15, -0.1) is 0 Å². The summed E-state index contributed by atoms with van der Waals surface area (Å²) in [5, 5.41) is 8.85. The van der Waals surface area contributed by atoms with Gasteiger partial charge in [-0.1, -0.05) is 49.8 Å². The van der Waals surface area contributed by atoms with Crippen LogP contribution in [0.3, 0.4) is 0 Å². The van der Waals surface area contributed by atoms with Crippen molar-refractivity contribution in [1.82, 2.24) is 0 Å². The van der Waals surface area contributed by atoms with E-state index < -0.39 is 0 Å². The van der Waals surface area contributed by atoms with Crippen molar-refractivity contribution in [2.45, 2.75) is 51.4 Å². The number of nitriles is 1. The van der Waals surface area contributed by atoms with E-state index in [1.807, 2.05) is 12.1 Å². The van der Waals surface area contributed by atoms with Crippen LogP contribution in [-0.4, -0.2) is 0 Å². The molecule has 0 heterocycles. The number of unbranched alkanes of at least 4 members (excludes halogenated alkanes) is 1. The maximum absolute atomic E-state index is 8.85. The molecule has 21 heavy (non-hydrogen) atoms. The minimum atomic E-state index is 0.679. The zero-order valence-corrected chi connectivity index (χ0v) is 13.0. The van der Waals surface area contributed by atoms with Crippen molar-refractivity contribution in [3.63, 3.8) is 0 Å². The van der Waals surface area contributed by atoms with Gasteiger partial charge < -0.3 is 0 Å². The Hall–Kier alpha value is -1.81. The lowest BCUT2D eigenvalue weighted by atomic mass is 9.78. The first kappa shape index (κ1) is 15.6. The van der Waals surface area contributed by atoms with Crippen LogP contribution in [0.15, 0.2) is 48.6 Å². The summed E-state index contributed by atoms with van der Waals surface area (Å²) in [6.45, 7) is 2.21. The summed E-state index contributed by atoms with van der Waals surface area (Å²) >= 11 is 0. The van der Waals surface area contributed by atoms with Crippen LogP contribution in [0.25, 0.3) is 0 Å². The van der Waals surface area contributed by atoms with E-state index in [9.17, 15) is 0 Å². The molecule has 1 aliphatic rings. The lowest BCUT2D eigenvalue weighted by Gasteiger charge is -2.27. The van der Waals surface area contributed by atoms with Gasteiger partial charge >= 0.3 is 0 Å². The minimum Gasteiger partial charge on any atom is -0.192 e. The third-order valence-corrected chi connectivity index (χ3v) is 4.37. The van der Waals surface area contributed by atoms with E-state index in [4.69, 9.17) is 5.26 Å². The number of nitrogens with zero attached hydrogens (tertiary/aromatic N) is 1. The lowest BCUT2D eigenvalue weighted by Crippen LogP contribution is -2.11. The number of allylic oxidation sites excluding steroid dienone is 4. The smallest absolute Gasteiger partial charge is 0.0991 e. The van der Waals surface area contributed by atoms with Crippen LogP contribution in [0, 0.1) is 17.2 Å². The maximum Gasteiger partial charge on any atom is 0.0991 e. The van der Waals surface area contributed by atoms with Gasteiger partial charge in [-0.25, -0.2) is 0 Å². The standard InChI is InChI=1S/C20H25N/c1-2-3-4-5-6-7-17-8-12-19(13-9-17)20-14-10-18(16-21)11-15-20/h4-7,10-11,14-15,17,19H,2-3,8-9,12-13H2,1H3/b5-4+,7-6+. The first-order valence-electron chi connectivity index (χ1n) is 8.17. The summed E-state index contributed by atoms with van der Waals surface area (Å²) in [6, 6.07) is 10.3. The summed E-state index contributed by atoms with van der Waals surface area (Å²) in [7, 11) is 0. The van der Waals surface area contributed by atoms with Crippen LogP contribution in [0.1, 0.15) is 62.5 Å². The van der Waals surface area contributed by atoms with Crippen LogP contribution in [0.2, 0.25) is 0 Å². The molecule has 1 aliphatic carbocycles. The quantitative estimate of drug-likeness (QED) is 0.630. The number of hydrogen-bond acceptors (Lipinski definition) is 1. The first-order valence-corrected chi connectivity index (χ1v) is 8.17. The van der Waals surface area contributed by atoms with Crippen molar-refractivity contribution in [1.29, 1.82) is 5.26 Å². The average molecular weight is 279 g/mol. The molecule has 2 rings (SSSR count). The molecule has 0 spiro atoms. The Morgan fingerprint density at radius 2 is 1.81 bits per heavy atom. The molecule has 0 saturated heterocycles. The van der Waals surface area contributed by atoms with Crippen LogP contribution < -0.4 is 0 Å². The molecule has 0 bridgehead atoms. The maximum atomic E-state index is 8.85. The SMILES string of the molecule is CCC/C=C/C=C/C1CCC(c2ccc(C#N)cc2)CC1. The van der Waals surface area contributed by atoms with E-state index in [2.05, 4.69) is 49.4 Å². The highest BCUT2D eigenvalue weighted by Crippen LogP contribution is 2.36. The Balaban J connectivity index is 1.81. The fraction of sp³-hybridized carbons (Fsp3) is 0.450. The summed E-state index contributed by atoms with van der Waals surface area (Å²) in [5.41, 5.74) is 2.16. The fourth-order valence-corrected chi connectivity index (χ4v) is 3.04. The van der Waals surface area contributed by atoms with Crippen LogP contribution in [0.4, 0.5) is 0 Å². The van der Waals surface area contributed by atoms with Gasteiger partial charge in [0, 0.05) is 0 Å². The molecule has 1 aromatic rings. The Labute approximate surface area is 129 Å². The molecule has 0 aromatic heterocycles. The van der Waals surface area contributed by atoms with Crippen molar-refractivity contribution < 1.29 is 0 Å². The second-order valence-electron chi connectivity index (χ2n) is 5.95. The van der Waals surface area contributed by atoms with Crippen molar-refractivity contribution in [2.24, 2.45) is 5.92 Å². The Bertz CT molecular complexity index is 508. The van der Waals surface area contributed by atoms with Crippen molar-refractivity contribution in [3.05, 3.63) is 59.7 Å². The molecule has 0 unspecified atom stereocenters. The van der Waals surface area contributed by atoms with E-state index in [1.54, 1.807) is 0 Å². The number of rotatable bonds is 5. The molecule has 1 nitrogen and oxygen atoms in total. The molecule has 0 radical (unpaired) electrons. The average Bonchev–Trinajstić information content (AvgIpc) is 2.55. The molecular formula is C20H25N. The highest BCUT2D eigenvalue weighted by Gasteiger charge is 2.20. The predicted molar refractivity (Wildman–Crippen MR) is 89.0 cm³/mol. The molecule has 1 fully saturated rings. The summed E-state index contributed by atoms with van der Waals surface area (Å²) < 4.78 is 0. The monoisotopic (exact) mass is 279 g/mol. The van der Waals surface area contributed by atoms with E-state index in [0.717, 1.165) is 11.5 Å². The third kappa shape index (κ3) is 4.90. The third-order valence-electron chi connectivity index (χ3n) is 4.37. The molecule has 1 aromatic carbocycles. The normalized spacial score (nSPS) is 22.7. The van der Waals surface area contributed by atoms with Gasteiger partial charge in [0.1, 0.15) is 0 Å². The first-order chi connectivity index (χ1) is 10.3. The molecule has 1 saturated carbocycles. The topological polar surface area (TPSA) is 23.8 Å². The second-order valence-corrected chi connectivity index (χ2v) is 5.95. The minimum absolute atomic E-state index is 0.679. The van der Waals surface area contributed by atoms with Crippen molar-refractivity contribution in [2.75, 3.05) is 0 Å². The zero-order chi connectivity index (χ0) is 14.9. The van der Waals surface area contributed by atoms with E-state index in [0.29, 0.717) is 5.92 Å². The van der Waals surface area contributed by atoms with E-state index >= 15 is 0 Å². The van der Waals surface area contributed by atoms with Crippen molar-refractivity contribution in [3.8, 4) is 6.07 Å². The molecular weight excluding hydrogens is 254 g/mol. The van der Waals surface area contributed by atoms with Gasteiger partial charge in [-0.3, -0.25) is 0 Å². The Morgan fingerprint density at radius 3 is 2.43 bits per heavy atom. The molecule has 0 atom stereocenters. The highest BCUT2D eigenvalue weighted by molar-refractivity contribution is 5.33. The highest BCUT2D eigenvalue weighted by atomic mass is 14.3. The molecule has 1 heteroatoms. The molecule has 0 amide bonds. The van der Waals surface area contributed by atoms with Crippen LogP contribution >= 0.6 is 0 Å². The van der Waals surface area contributed by atoms with Crippen molar-refractivity contribution >= 4 is 0 Å². The van der Waals surface area contributed by atoms with E-state index in [-0.39, 0.29) is 0 Å². The molecule has 0 N–H and O–H groups in total. The second kappa shape index (κ2) is 8.47.